The summed E-state index contributed by atoms with van der Waals surface area (Å²) in [6.07, 6.45) is 2.24. The number of hydrogen-bond donors (Lipinski definition) is 0. The molecule has 1 aromatic heterocycles. The van der Waals surface area contributed by atoms with Crippen molar-refractivity contribution in [3.8, 4) is 0 Å². The molecule has 1 heterocycles. The van der Waals surface area contributed by atoms with Crippen molar-refractivity contribution in [1.29, 1.82) is 0 Å². The fraction of sp³-hybridized carbons (Fsp3) is 0.286. The molecular formula is C21H24N2S. The minimum absolute atomic E-state index is 0.919. The van der Waals surface area contributed by atoms with E-state index in [1.54, 1.807) is 11.3 Å². The molecule has 0 N–H and O–H groups in total. The van der Waals surface area contributed by atoms with Crippen LogP contribution < -0.4 is 4.90 Å². The van der Waals surface area contributed by atoms with Gasteiger partial charge in [0.1, 0.15) is 0 Å². The van der Waals surface area contributed by atoms with Crippen molar-refractivity contribution in [3.05, 3.63) is 82.4 Å². The lowest BCUT2D eigenvalue weighted by Crippen LogP contribution is -2.24. The Morgan fingerprint density at radius 3 is 2.08 bits per heavy atom. The molecule has 0 spiro atoms. The third-order valence-corrected chi connectivity index (χ3v) is 5.37. The first-order chi connectivity index (χ1) is 11.7. The summed E-state index contributed by atoms with van der Waals surface area (Å²) in [5.41, 5.74) is 3.89. The number of benzene rings is 2. The highest BCUT2D eigenvalue weighted by atomic mass is 32.1. The van der Waals surface area contributed by atoms with Gasteiger partial charge in [-0.05, 0) is 37.8 Å². The van der Waals surface area contributed by atoms with E-state index >= 15 is 0 Å². The Balaban J connectivity index is 1.69. The van der Waals surface area contributed by atoms with Crippen LogP contribution in [0.4, 0.5) is 5.13 Å². The molecular weight excluding hydrogens is 312 g/mol. The fourth-order valence-corrected chi connectivity index (χ4v) is 3.69. The van der Waals surface area contributed by atoms with Gasteiger partial charge in [0.15, 0.2) is 5.13 Å². The minimum Gasteiger partial charge on any atom is -0.344 e. The zero-order chi connectivity index (χ0) is 16.8. The van der Waals surface area contributed by atoms with Crippen LogP contribution in [-0.2, 0) is 13.0 Å². The Morgan fingerprint density at radius 1 is 0.875 bits per heavy atom. The topological polar surface area (TPSA) is 16.1 Å². The Hall–Kier alpha value is -2.13. The number of nitrogens with zero attached hydrogens (tertiary/aromatic N) is 2. The van der Waals surface area contributed by atoms with Gasteiger partial charge in [0.25, 0.3) is 0 Å². The van der Waals surface area contributed by atoms with Crippen molar-refractivity contribution < 1.29 is 0 Å². The molecule has 2 nitrogen and oxygen atoms in total. The van der Waals surface area contributed by atoms with E-state index in [0.29, 0.717) is 0 Å². The van der Waals surface area contributed by atoms with Crippen LogP contribution in [-0.4, -0.2) is 11.5 Å². The van der Waals surface area contributed by atoms with Crippen molar-refractivity contribution in [1.82, 2.24) is 4.98 Å². The first kappa shape index (κ1) is 16.7. The maximum absolute atomic E-state index is 4.78. The molecule has 0 aliphatic carbocycles. The summed E-state index contributed by atoms with van der Waals surface area (Å²) in [5, 5.41) is 1.14. The summed E-state index contributed by atoms with van der Waals surface area (Å²) >= 11 is 1.80. The summed E-state index contributed by atoms with van der Waals surface area (Å²) in [6.45, 7) is 6.19. The lowest BCUT2D eigenvalue weighted by molar-refractivity contribution is 0.725. The van der Waals surface area contributed by atoms with Gasteiger partial charge in [0.2, 0.25) is 0 Å². The standard InChI is InChI=1S/C21H24N2S/c1-17-18(2)24-21(22-17)23(16-20-12-7-4-8-13-20)15-9-14-19-10-5-3-6-11-19/h3-8,10-13H,9,14-16H2,1-2H3. The van der Waals surface area contributed by atoms with Crippen molar-refractivity contribution in [2.24, 2.45) is 0 Å². The van der Waals surface area contributed by atoms with Crippen LogP contribution in [0.2, 0.25) is 0 Å². The normalized spacial score (nSPS) is 10.8. The molecule has 2 aromatic carbocycles. The van der Waals surface area contributed by atoms with E-state index in [4.69, 9.17) is 4.98 Å². The van der Waals surface area contributed by atoms with Gasteiger partial charge in [0.05, 0.1) is 5.69 Å². The van der Waals surface area contributed by atoms with Crippen LogP contribution in [0.1, 0.15) is 28.1 Å². The molecule has 24 heavy (non-hydrogen) atoms. The van der Waals surface area contributed by atoms with E-state index in [1.807, 2.05) is 0 Å². The predicted octanol–water partition coefficient (Wildman–Crippen LogP) is 5.40. The second kappa shape index (κ2) is 8.11. The quantitative estimate of drug-likeness (QED) is 0.574. The zero-order valence-corrected chi connectivity index (χ0v) is 15.2. The molecule has 3 rings (SSSR count). The number of aromatic nitrogens is 1. The van der Waals surface area contributed by atoms with Gasteiger partial charge in [-0.25, -0.2) is 4.98 Å². The summed E-state index contributed by atoms with van der Waals surface area (Å²) in [7, 11) is 0. The third kappa shape index (κ3) is 4.45. The van der Waals surface area contributed by atoms with Gasteiger partial charge in [0, 0.05) is 18.0 Å². The van der Waals surface area contributed by atoms with Crippen LogP contribution in [0.25, 0.3) is 0 Å². The smallest absolute Gasteiger partial charge is 0.186 e. The van der Waals surface area contributed by atoms with E-state index in [-0.39, 0.29) is 0 Å². The van der Waals surface area contributed by atoms with Crippen LogP contribution >= 0.6 is 11.3 Å². The highest BCUT2D eigenvalue weighted by Gasteiger charge is 2.13. The zero-order valence-electron chi connectivity index (χ0n) is 14.4. The first-order valence-electron chi connectivity index (χ1n) is 8.49. The van der Waals surface area contributed by atoms with Crippen molar-refractivity contribution in [3.63, 3.8) is 0 Å². The fourth-order valence-electron chi connectivity index (χ4n) is 2.76. The molecule has 3 heteroatoms. The van der Waals surface area contributed by atoms with Gasteiger partial charge in [-0.15, -0.1) is 11.3 Å². The Bertz CT molecular complexity index is 731. The van der Waals surface area contributed by atoms with Crippen molar-refractivity contribution in [2.75, 3.05) is 11.4 Å². The lowest BCUT2D eigenvalue weighted by Gasteiger charge is -2.22. The maximum Gasteiger partial charge on any atom is 0.186 e. The molecule has 0 bridgehead atoms. The Kier molecular flexibility index (Phi) is 5.65. The van der Waals surface area contributed by atoms with Crippen LogP contribution in [0.15, 0.2) is 60.7 Å². The SMILES string of the molecule is Cc1nc(N(CCCc2ccccc2)Cc2ccccc2)sc1C. The van der Waals surface area contributed by atoms with E-state index in [9.17, 15) is 0 Å². The average molecular weight is 337 g/mol. The Morgan fingerprint density at radius 2 is 1.50 bits per heavy atom. The van der Waals surface area contributed by atoms with E-state index in [2.05, 4.69) is 79.4 Å². The maximum atomic E-state index is 4.78. The lowest BCUT2D eigenvalue weighted by atomic mass is 10.1. The van der Waals surface area contributed by atoms with Gasteiger partial charge in [-0.1, -0.05) is 60.7 Å². The summed E-state index contributed by atoms with van der Waals surface area (Å²) in [6, 6.07) is 21.4. The molecule has 3 aromatic rings. The van der Waals surface area contributed by atoms with Gasteiger partial charge >= 0.3 is 0 Å². The summed E-state index contributed by atoms with van der Waals surface area (Å²) in [4.78, 5) is 8.51. The Labute approximate surface area is 148 Å². The molecule has 0 fully saturated rings. The van der Waals surface area contributed by atoms with Crippen molar-refractivity contribution >= 4 is 16.5 Å². The van der Waals surface area contributed by atoms with Gasteiger partial charge in [-0.2, -0.15) is 0 Å². The third-order valence-electron chi connectivity index (χ3n) is 4.24. The molecule has 0 amide bonds. The number of thiazole rings is 1. The molecule has 124 valence electrons. The first-order valence-corrected chi connectivity index (χ1v) is 9.31. The van der Waals surface area contributed by atoms with E-state index in [1.165, 1.54) is 16.0 Å². The van der Waals surface area contributed by atoms with Crippen LogP contribution in [0.3, 0.4) is 0 Å². The second-order valence-electron chi connectivity index (χ2n) is 6.13. The van der Waals surface area contributed by atoms with Crippen LogP contribution in [0, 0.1) is 13.8 Å². The van der Waals surface area contributed by atoms with Crippen molar-refractivity contribution in [2.45, 2.75) is 33.2 Å². The molecule has 0 aliphatic heterocycles. The minimum atomic E-state index is 0.919. The van der Waals surface area contributed by atoms with E-state index < -0.39 is 0 Å². The second-order valence-corrected chi connectivity index (χ2v) is 7.32. The predicted molar refractivity (Wildman–Crippen MR) is 104 cm³/mol. The number of rotatable bonds is 7. The number of anilines is 1. The largest absolute Gasteiger partial charge is 0.344 e. The highest BCUT2D eigenvalue weighted by molar-refractivity contribution is 7.15. The van der Waals surface area contributed by atoms with Crippen LogP contribution in [0.5, 0.6) is 0 Å². The highest BCUT2D eigenvalue weighted by Crippen LogP contribution is 2.27. The monoisotopic (exact) mass is 336 g/mol. The number of aryl methyl sites for hydroxylation is 3. The molecule has 0 saturated carbocycles. The molecule has 0 radical (unpaired) electrons. The molecule has 0 aliphatic rings. The van der Waals surface area contributed by atoms with E-state index in [0.717, 1.165) is 36.8 Å². The van der Waals surface area contributed by atoms with Gasteiger partial charge < -0.3 is 4.90 Å². The summed E-state index contributed by atoms with van der Waals surface area (Å²) < 4.78 is 0. The molecule has 0 saturated heterocycles. The summed E-state index contributed by atoms with van der Waals surface area (Å²) in [5.74, 6) is 0. The molecule has 0 atom stereocenters. The van der Waals surface area contributed by atoms with Gasteiger partial charge in [-0.3, -0.25) is 0 Å². The average Bonchev–Trinajstić information content (AvgIpc) is 2.95. The molecule has 0 unspecified atom stereocenters. The number of hydrogen-bond acceptors (Lipinski definition) is 3.